The van der Waals surface area contributed by atoms with Gasteiger partial charge in [-0.15, -0.1) is 0 Å². The number of rotatable bonds is 7. The normalized spacial score (nSPS) is 14.4. The Balaban J connectivity index is 1.06. The summed E-state index contributed by atoms with van der Waals surface area (Å²) in [6, 6.07) is 25.1. The summed E-state index contributed by atoms with van der Waals surface area (Å²) in [4.78, 5) is 22.0. The molecule has 1 N–H and O–H groups in total. The molecule has 7 heteroatoms. The molecule has 0 atom stereocenters. The highest BCUT2D eigenvalue weighted by molar-refractivity contribution is 7.22. The molecule has 1 fully saturated rings. The molecular weight excluding hydrogens is 432 g/mol. The highest BCUT2D eigenvalue weighted by Crippen LogP contribution is 2.29. The summed E-state index contributed by atoms with van der Waals surface area (Å²) in [5.41, 5.74) is 1.71. The van der Waals surface area contributed by atoms with Gasteiger partial charge in [-0.3, -0.25) is 9.69 Å². The number of hydrogen-bond acceptors (Lipinski definition) is 6. The first-order valence-electron chi connectivity index (χ1n) is 11.2. The number of thiazole rings is 1. The van der Waals surface area contributed by atoms with Gasteiger partial charge in [-0.25, -0.2) is 4.98 Å². The Morgan fingerprint density at radius 2 is 1.58 bits per heavy atom. The summed E-state index contributed by atoms with van der Waals surface area (Å²) >= 11 is 1.76. The first kappa shape index (κ1) is 21.4. The van der Waals surface area contributed by atoms with Gasteiger partial charge in [0.2, 0.25) is 0 Å². The van der Waals surface area contributed by atoms with Gasteiger partial charge in [0.25, 0.3) is 5.91 Å². The molecule has 168 valence electrons. The van der Waals surface area contributed by atoms with E-state index in [1.807, 2.05) is 48.5 Å². The third-order valence-electron chi connectivity index (χ3n) is 5.73. The summed E-state index contributed by atoms with van der Waals surface area (Å²) in [5.74, 6) is 1.43. The number of para-hydroxylation sites is 2. The van der Waals surface area contributed by atoms with E-state index in [4.69, 9.17) is 9.72 Å². The molecule has 0 radical (unpaired) electrons. The molecule has 33 heavy (non-hydrogen) atoms. The highest BCUT2D eigenvalue weighted by atomic mass is 32.1. The minimum Gasteiger partial charge on any atom is -0.457 e. The SMILES string of the molecule is O=C(NCCN1CCN(c2nc3ccccc3s2)CC1)c1ccc(Oc2ccccc2)cc1. The molecule has 6 nitrogen and oxygen atoms in total. The number of ether oxygens (including phenoxy) is 1. The first-order valence-corrected chi connectivity index (χ1v) is 12.0. The summed E-state index contributed by atoms with van der Waals surface area (Å²) in [7, 11) is 0. The van der Waals surface area contributed by atoms with Crippen molar-refractivity contribution in [3.8, 4) is 11.5 Å². The molecule has 3 aromatic carbocycles. The highest BCUT2D eigenvalue weighted by Gasteiger charge is 2.19. The average molecular weight is 459 g/mol. The fraction of sp³-hybridized carbons (Fsp3) is 0.231. The van der Waals surface area contributed by atoms with Gasteiger partial charge in [0.1, 0.15) is 11.5 Å². The zero-order valence-electron chi connectivity index (χ0n) is 18.3. The van der Waals surface area contributed by atoms with Crippen molar-refractivity contribution < 1.29 is 9.53 Å². The van der Waals surface area contributed by atoms with Crippen molar-refractivity contribution in [2.75, 3.05) is 44.2 Å². The number of fused-ring (bicyclic) bond motifs is 1. The van der Waals surface area contributed by atoms with Gasteiger partial charge in [-0.05, 0) is 48.5 Å². The van der Waals surface area contributed by atoms with Gasteiger partial charge in [0.05, 0.1) is 10.2 Å². The Hall–Kier alpha value is -3.42. The number of piperazine rings is 1. The quantitative estimate of drug-likeness (QED) is 0.437. The third-order valence-corrected chi connectivity index (χ3v) is 6.83. The number of anilines is 1. The Morgan fingerprint density at radius 1 is 0.879 bits per heavy atom. The molecule has 5 rings (SSSR count). The van der Waals surface area contributed by atoms with Gasteiger partial charge in [0, 0.05) is 44.8 Å². The van der Waals surface area contributed by atoms with Gasteiger partial charge in [-0.2, -0.15) is 0 Å². The molecule has 2 heterocycles. The number of carbonyl (C=O) groups is 1. The molecule has 0 bridgehead atoms. The molecule has 0 spiro atoms. The third kappa shape index (κ3) is 5.32. The smallest absolute Gasteiger partial charge is 0.251 e. The second-order valence-electron chi connectivity index (χ2n) is 7.99. The average Bonchev–Trinajstić information content (AvgIpc) is 3.30. The van der Waals surface area contributed by atoms with Crippen molar-refractivity contribution >= 4 is 32.6 Å². The maximum absolute atomic E-state index is 12.5. The van der Waals surface area contributed by atoms with E-state index in [2.05, 4.69) is 33.3 Å². The summed E-state index contributed by atoms with van der Waals surface area (Å²) in [5, 5.41) is 4.13. The van der Waals surface area contributed by atoms with Gasteiger partial charge in [-0.1, -0.05) is 41.7 Å². The van der Waals surface area contributed by atoms with Crippen molar-refractivity contribution in [3.05, 3.63) is 84.4 Å². The van der Waals surface area contributed by atoms with Gasteiger partial charge >= 0.3 is 0 Å². The van der Waals surface area contributed by atoms with E-state index in [0.717, 1.165) is 49.1 Å². The summed E-state index contributed by atoms with van der Waals surface area (Å²) in [6.45, 7) is 5.32. The fourth-order valence-electron chi connectivity index (χ4n) is 3.89. The van der Waals surface area contributed by atoms with Gasteiger partial charge in [0.15, 0.2) is 5.13 Å². The van der Waals surface area contributed by atoms with Crippen LogP contribution in [0.4, 0.5) is 5.13 Å². The molecule has 0 aliphatic carbocycles. The number of nitrogens with one attached hydrogen (secondary N) is 1. The van der Waals surface area contributed by atoms with Crippen LogP contribution in [0.1, 0.15) is 10.4 Å². The number of nitrogens with zero attached hydrogens (tertiary/aromatic N) is 3. The topological polar surface area (TPSA) is 57.7 Å². The van der Waals surface area contributed by atoms with Crippen LogP contribution in [0.3, 0.4) is 0 Å². The van der Waals surface area contributed by atoms with Crippen LogP contribution in [0.2, 0.25) is 0 Å². The summed E-state index contributed by atoms with van der Waals surface area (Å²) < 4.78 is 7.02. The molecule has 4 aromatic rings. The standard InChI is InChI=1S/C26H26N4O2S/c31-25(20-10-12-22(13-11-20)32-21-6-2-1-3-7-21)27-14-15-29-16-18-30(19-17-29)26-28-23-8-4-5-9-24(23)33-26/h1-13H,14-19H2,(H,27,31). The van der Waals surface area contributed by atoms with Crippen LogP contribution in [0.25, 0.3) is 10.2 Å². The zero-order valence-corrected chi connectivity index (χ0v) is 19.1. The molecule has 1 aliphatic heterocycles. The van der Waals surface area contributed by atoms with E-state index < -0.39 is 0 Å². The van der Waals surface area contributed by atoms with Gasteiger partial charge < -0.3 is 15.0 Å². The van der Waals surface area contributed by atoms with Crippen molar-refractivity contribution in [3.63, 3.8) is 0 Å². The lowest BCUT2D eigenvalue weighted by atomic mass is 10.2. The first-order chi connectivity index (χ1) is 16.2. The van der Waals surface area contributed by atoms with Crippen LogP contribution < -0.4 is 15.0 Å². The molecule has 0 unspecified atom stereocenters. The maximum Gasteiger partial charge on any atom is 0.251 e. The van der Waals surface area contributed by atoms with E-state index in [9.17, 15) is 4.79 Å². The molecule has 0 saturated carbocycles. The fourth-order valence-corrected chi connectivity index (χ4v) is 4.90. The second kappa shape index (κ2) is 10.0. The molecule has 1 aliphatic rings. The number of carbonyl (C=O) groups excluding carboxylic acids is 1. The predicted molar refractivity (Wildman–Crippen MR) is 134 cm³/mol. The van der Waals surface area contributed by atoms with Crippen LogP contribution in [0, 0.1) is 0 Å². The number of amides is 1. The lowest BCUT2D eigenvalue weighted by Gasteiger charge is -2.34. The Kier molecular flexibility index (Phi) is 6.51. The Bertz CT molecular complexity index is 1170. The molecule has 1 saturated heterocycles. The summed E-state index contributed by atoms with van der Waals surface area (Å²) in [6.07, 6.45) is 0. The number of hydrogen-bond donors (Lipinski definition) is 1. The van der Waals surface area contributed by atoms with Crippen LogP contribution in [0.5, 0.6) is 11.5 Å². The van der Waals surface area contributed by atoms with Crippen molar-refractivity contribution in [1.29, 1.82) is 0 Å². The maximum atomic E-state index is 12.5. The van der Waals surface area contributed by atoms with Crippen LogP contribution >= 0.6 is 11.3 Å². The van der Waals surface area contributed by atoms with Crippen LogP contribution in [-0.4, -0.2) is 55.1 Å². The molecular formula is C26H26N4O2S. The van der Waals surface area contributed by atoms with E-state index >= 15 is 0 Å². The number of aromatic nitrogens is 1. The Labute approximate surface area is 197 Å². The molecule has 1 amide bonds. The second-order valence-corrected chi connectivity index (χ2v) is 9.00. The van der Waals surface area contributed by atoms with Crippen molar-refractivity contribution in [1.82, 2.24) is 15.2 Å². The lowest BCUT2D eigenvalue weighted by Crippen LogP contribution is -2.48. The van der Waals surface area contributed by atoms with Crippen LogP contribution in [-0.2, 0) is 0 Å². The minimum atomic E-state index is -0.0608. The lowest BCUT2D eigenvalue weighted by molar-refractivity contribution is 0.0948. The predicted octanol–water partition coefficient (Wildman–Crippen LogP) is 4.64. The van der Waals surface area contributed by atoms with E-state index in [1.54, 1.807) is 23.5 Å². The monoisotopic (exact) mass is 458 g/mol. The van der Waals surface area contributed by atoms with Crippen molar-refractivity contribution in [2.45, 2.75) is 0 Å². The molecule has 1 aromatic heterocycles. The van der Waals surface area contributed by atoms with E-state index in [0.29, 0.717) is 17.9 Å². The number of benzene rings is 3. The largest absolute Gasteiger partial charge is 0.457 e. The Morgan fingerprint density at radius 3 is 2.33 bits per heavy atom. The van der Waals surface area contributed by atoms with Crippen LogP contribution in [0.15, 0.2) is 78.9 Å². The zero-order chi connectivity index (χ0) is 22.5. The van der Waals surface area contributed by atoms with Crippen molar-refractivity contribution in [2.24, 2.45) is 0 Å². The van der Waals surface area contributed by atoms with E-state index in [1.165, 1.54) is 4.70 Å². The minimum absolute atomic E-state index is 0.0608. The van der Waals surface area contributed by atoms with E-state index in [-0.39, 0.29) is 5.91 Å².